The van der Waals surface area contributed by atoms with Crippen molar-refractivity contribution < 1.29 is 4.39 Å². The number of nitrogens with zero attached hydrogens (tertiary/aromatic N) is 8. The van der Waals surface area contributed by atoms with E-state index in [4.69, 9.17) is 4.98 Å². The molecule has 7 heterocycles. The minimum Gasteiger partial charge on any atom is -0.352 e. The fourth-order valence-electron chi connectivity index (χ4n) is 5.71. The maximum Gasteiger partial charge on any atom is 0.184 e. The number of likely N-dealkylation sites (N-methyl/N-ethyl adjacent to an activating group) is 1. The predicted octanol–water partition coefficient (Wildman–Crippen LogP) is 3.84. The van der Waals surface area contributed by atoms with Crippen LogP contribution < -0.4 is 4.90 Å². The molecule has 0 spiro atoms. The fourth-order valence-corrected chi connectivity index (χ4v) is 5.71. The van der Waals surface area contributed by atoms with Crippen LogP contribution in [-0.2, 0) is 6.54 Å². The summed E-state index contributed by atoms with van der Waals surface area (Å²) in [6.45, 7) is 6.69. The lowest BCUT2D eigenvalue weighted by Crippen LogP contribution is -2.44. The molecule has 0 saturated carbocycles. The number of aromatic nitrogens is 7. The van der Waals surface area contributed by atoms with Crippen LogP contribution in [0.3, 0.4) is 0 Å². The van der Waals surface area contributed by atoms with Crippen LogP contribution in [0, 0.1) is 5.82 Å². The number of pyridine rings is 3. The van der Waals surface area contributed by atoms with Gasteiger partial charge in [0.15, 0.2) is 17.3 Å². The fraction of sp³-hybridized carbons (Fsp3) is 0.393. The Morgan fingerprint density at radius 2 is 1.82 bits per heavy atom. The summed E-state index contributed by atoms with van der Waals surface area (Å²) in [5.41, 5.74) is 4.55. The molecule has 0 radical (unpaired) electrons. The highest BCUT2D eigenvalue weighted by molar-refractivity contribution is 5.95. The summed E-state index contributed by atoms with van der Waals surface area (Å²) in [6.07, 6.45) is 10.6. The molecule has 200 valence electrons. The third-order valence-electron chi connectivity index (χ3n) is 7.90. The summed E-state index contributed by atoms with van der Waals surface area (Å²) < 4.78 is 16.2. The Labute approximate surface area is 225 Å². The second kappa shape index (κ2) is 9.97. The van der Waals surface area contributed by atoms with Crippen LogP contribution in [-0.4, -0.2) is 91.2 Å². The van der Waals surface area contributed by atoms with Gasteiger partial charge in [0, 0.05) is 68.6 Å². The Morgan fingerprint density at radius 1 is 0.974 bits per heavy atom. The van der Waals surface area contributed by atoms with Crippen molar-refractivity contribution in [1.29, 1.82) is 0 Å². The molecule has 0 aromatic carbocycles. The Balaban J connectivity index is 1.25. The minimum absolute atomic E-state index is 0.307. The first-order valence-corrected chi connectivity index (χ1v) is 13.6. The molecule has 2 saturated heterocycles. The summed E-state index contributed by atoms with van der Waals surface area (Å²) in [6, 6.07) is 3.91. The molecular formula is C28H31FN10. The van der Waals surface area contributed by atoms with Gasteiger partial charge >= 0.3 is 0 Å². The van der Waals surface area contributed by atoms with Gasteiger partial charge in [-0.1, -0.05) is 6.42 Å². The molecule has 2 N–H and O–H groups in total. The summed E-state index contributed by atoms with van der Waals surface area (Å²) in [7, 11) is 2.12. The summed E-state index contributed by atoms with van der Waals surface area (Å²) >= 11 is 0. The van der Waals surface area contributed by atoms with E-state index < -0.39 is 5.82 Å². The molecule has 0 atom stereocenters. The largest absolute Gasteiger partial charge is 0.352 e. The van der Waals surface area contributed by atoms with Gasteiger partial charge in [-0.15, -0.1) is 0 Å². The van der Waals surface area contributed by atoms with Crippen LogP contribution in [0.25, 0.3) is 44.7 Å². The first-order valence-electron chi connectivity index (χ1n) is 13.6. The van der Waals surface area contributed by atoms with Crippen LogP contribution in [0.4, 0.5) is 10.2 Å². The number of nitrogens with one attached hydrogen (secondary N) is 2. The van der Waals surface area contributed by atoms with E-state index in [1.165, 1.54) is 25.5 Å². The lowest BCUT2D eigenvalue weighted by molar-refractivity contribution is 0.220. The van der Waals surface area contributed by atoms with Crippen molar-refractivity contribution in [3.8, 4) is 22.6 Å². The Bertz CT molecular complexity index is 1630. The number of halogens is 1. The predicted molar refractivity (Wildman–Crippen MR) is 149 cm³/mol. The van der Waals surface area contributed by atoms with Crippen LogP contribution in [0.5, 0.6) is 0 Å². The molecule has 2 aliphatic heterocycles. The molecule has 0 unspecified atom stereocenters. The van der Waals surface area contributed by atoms with Crippen LogP contribution in [0.2, 0.25) is 0 Å². The molecule has 0 aliphatic carbocycles. The van der Waals surface area contributed by atoms with E-state index in [1.54, 1.807) is 12.4 Å². The normalized spacial score (nSPS) is 17.4. The van der Waals surface area contributed by atoms with E-state index >= 15 is 4.39 Å². The zero-order chi connectivity index (χ0) is 26.3. The van der Waals surface area contributed by atoms with E-state index in [-0.39, 0.29) is 0 Å². The number of hydrogen-bond donors (Lipinski definition) is 2. The SMILES string of the molecule is CN1CCN(c2nccc3[nH]c(-c4[nH]nc5ncc(-c6cncc(CN7CCCCC7)c6)c(F)c45)nc23)CC1. The number of piperidine rings is 1. The van der Waals surface area contributed by atoms with Crippen LogP contribution >= 0.6 is 0 Å². The summed E-state index contributed by atoms with van der Waals surface area (Å²) in [5.74, 6) is 0.951. The zero-order valence-corrected chi connectivity index (χ0v) is 22.0. The topological polar surface area (TPSA) is 106 Å². The number of fused-ring (bicyclic) bond motifs is 2. The third kappa shape index (κ3) is 4.51. The molecule has 5 aromatic rings. The van der Waals surface area contributed by atoms with Crippen molar-refractivity contribution in [2.45, 2.75) is 25.8 Å². The van der Waals surface area contributed by atoms with Gasteiger partial charge in [0.25, 0.3) is 0 Å². The molecule has 39 heavy (non-hydrogen) atoms. The second-order valence-electron chi connectivity index (χ2n) is 10.6. The number of imidazole rings is 1. The minimum atomic E-state index is -0.390. The molecule has 2 aliphatic rings. The molecule has 11 heteroatoms. The number of likely N-dealkylation sites (tertiary alicyclic amines) is 1. The lowest BCUT2D eigenvalue weighted by atomic mass is 10.0. The van der Waals surface area contributed by atoms with Gasteiger partial charge in [-0.05, 0) is 50.7 Å². The molecule has 0 bridgehead atoms. The van der Waals surface area contributed by atoms with Crippen molar-refractivity contribution in [2.24, 2.45) is 0 Å². The molecule has 2 fully saturated rings. The van der Waals surface area contributed by atoms with Gasteiger partial charge in [-0.2, -0.15) is 5.10 Å². The van der Waals surface area contributed by atoms with Crippen LogP contribution in [0.15, 0.2) is 36.9 Å². The monoisotopic (exact) mass is 526 g/mol. The second-order valence-corrected chi connectivity index (χ2v) is 10.6. The summed E-state index contributed by atoms with van der Waals surface area (Å²) in [4.78, 5) is 28.7. The van der Waals surface area contributed by atoms with Gasteiger partial charge in [0.05, 0.1) is 10.9 Å². The van der Waals surface area contributed by atoms with Gasteiger partial charge in [-0.3, -0.25) is 15.0 Å². The van der Waals surface area contributed by atoms with E-state index in [2.05, 4.69) is 51.9 Å². The standard InChI is InChI=1S/C28H31FN10/c1-37-9-11-39(12-10-37)28-24-21(5-6-31-28)33-27(34-24)25-22-23(29)20(16-32-26(22)36-35-25)19-13-18(14-30-15-19)17-38-7-3-2-4-8-38/h5-6,13-16H,2-4,7-12,17H2,1H3,(H,33,34)(H,32,35,36). The Hall–Kier alpha value is -3.96. The maximum atomic E-state index is 16.2. The number of H-pyrrole nitrogens is 2. The number of rotatable bonds is 5. The first kappa shape index (κ1) is 24.1. The highest BCUT2D eigenvalue weighted by Crippen LogP contribution is 2.34. The van der Waals surface area contributed by atoms with E-state index in [0.717, 1.165) is 68.2 Å². The zero-order valence-electron chi connectivity index (χ0n) is 22.0. The van der Waals surface area contributed by atoms with E-state index in [1.807, 2.05) is 18.3 Å². The number of piperazine rings is 1. The highest BCUT2D eigenvalue weighted by atomic mass is 19.1. The number of anilines is 1. The summed E-state index contributed by atoms with van der Waals surface area (Å²) in [5, 5.41) is 7.57. The quantitative estimate of drug-likeness (QED) is 0.356. The molecule has 0 amide bonds. The number of hydrogen-bond acceptors (Lipinski definition) is 8. The third-order valence-corrected chi connectivity index (χ3v) is 7.90. The van der Waals surface area contributed by atoms with Gasteiger partial charge in [0.2, 0.25) is 0 Å². The van der Waals surface area contributed by atoms with Crippen molar-refractivity contribution in [3.63, 3.8) is 0 Å². The molecule has 7 rings (SSSR count). The maximum absolute atomic E-state index is 16.2. The van der Waals surface area contributed by atoms with Crippen molar-refractivity contribution in [2.75, 3.05) is 51.2 Å². The average Bonchev–Trinajstić information content (AvgIpc) is 3.59. The highest BCUT2D eigenvalue weighted by Gasteiger charge is 2.23. The first-order chi connectivity index (χ1) is 19.1. The van der Waals surface area contributed by atoms with Gasteiger partial charge < -0.3 is 14.8 Å². The average molecular weight is 527 g/mol. The van der Waals surface area contributed by atoms with Gasteiger partial charge in [-0.25, -0.2) is 19.3 Å². The van der Waals surface area contributed by atoms with Crippen molar-refractivity contribution in [3.05, 3.63) is 48.3 Å². The van der Waals surface area contributed by atoms with E-state index in [9.17, 15) is 0 Å². The van der Waals surface area contributed by atoms with Crippen molar-refractivity contribution >= 4 is 27.9 Å². The lowest BCUT2D eigenvalue weighted by Gasteiger charge is -2.33. The van der Waals surface area contributed by atoms with E-state index in [0.29, 0.717) is 33.7 Å². The van der Waals surface area contributed by atoms with Crippen molar-refractivity contribution in [1.82, 2.24) is 44.9 Å². The Kier molecular flexibility index (Phi) is 6.16. The molecule has 5 aromatic heterocycles. The molecular weight excluding hydrogens is 495 g/mol. The number of aromatic amines is 2. The van der Waals surface area contributed by atoms with Crippen LogP contribution in [0.1, 0.15) is 24.8 Å². The Morgan fingerprint density at radius 3 is 2.67 bits per heavy atom. The molecule has 10 nitrogen and oxygen atoms in total. The smallest absolute Gasteiger partial charge is 0.184 e. The van der Waals surface area contributed by atoms with Gasteiger partial charge in [0.1, 0.15) is 17.0 Å².